The van der Waals surface area contributed by atoms with Gasteiger partial charge in [0.1, 0.15) is 11.5 Å². The summed E-state index contributed by atoms with van der Waals surface area (Å²) in [5.41, 5.74) is 2.91. The van der Waals surface area contributed by atoms with E-state index in [1.807, 2.05) is 32.0 Å². The van der Waals surface area contributed by atoms with Gasteiger partial charge in [0.2, 0.25) is 0 Å². The van der Waals surface area contributed by atoms with Crippen LogP contribution < -0.4 is 5.32 Å². The first-order chi connectivity index (χ1) is 8.06. The van der Waals surface area contributed by atoms with Crippen LogP contribution in [0.5, 0.6) is 5.75 Å². The Labute approximate surface area is 114 Å². The smallest absolute Gasteiger partial charge is 0.164 e. The number of nitrogens with one attached hydrogen (secondary N) is 1. The van der Waals surface area contributed by atoms with Crippen molar-refractivity contribution in [1.29, 1.82) is 0 Å². The Balaban J connectivity index is 2.11. The third-order valence-corrected chi connectivity index (χ3v) is 3.20. The van der Waals surface area contributed by atoms with E-state index in [4.69, 9.17) is 4.42 Å². The topological polar surface area (TPSA) is 45.4 Å². The number of hydrogen-bond acceptors (Lipinski definition) is 3. The first-order valence-electron chi connectivity index (χ1n) is 5.34. The molecule has 2 N–H and O–H groups in total. The largest absolute Gasteiger partial charge is 0.508 e. The molecule has 0 radical (unpaired) electrons. The average molecular weight is 343 g/mol. The molecule has 4 heteroatoms. The second-order valence-electron chi connectivity index (χ2n) is 4.01. The van der Waals surface area contributed by atoms with Crippen molar-refractivity contribution in [3.05, 3.63) is 44.9 Å². The Bertz CT molecular complexity index is 534. The Kier molecular flexibility index (Phi) is 3.61. The highest BCUT2D eigenvalue weighted by molar-refractivity contribution is 14.1. The third kappa shape index (κ3) is 2.94. The molecule has 0 unspecified atom stereocenters. The molecular formula is C13H14INO2. The minimum Gasteiger partial charge on any atom is -0.508 e. The van der Waals surface area contributed by atoms with Crippen LogP contribution >= 0.6 is 22.6 Å². The summed E-state index contributed by atoms with van der Waals surface area (Å²) in [6, 6.07) is 7.60. The molecule has 0 amide bonds. The van der Waals surface area contributed by atoms with Crippen molar-refractivity contribution in [2.45, 2.75) is 20.4 Å². The zero-order chi connectivity index (χ0) is 12.4. The second-order valence-corrected chi connectivity index (χ2v) is 5.08. The summed E-state index contributed by atoms with van der Waals surface area (Å²) in [7, 11) is 0. The van der Waals surface area contributed by atoms with E-state index in [2.05, 4.69) is 27.9 Å². The number of aryl methyl sites for hydroxylation is 2. The summed E-state index contributed by atoms with van der Waals surface area (Å²) in [5.74, 6) is 1.24. The SMILES string of the molecule is Cc1cc(NCc2ccc(I)o2)c(C)cc1O. The van der Waals surface area contributed by atoms with E-state index in [1.165, 1.54) is 0 Å². The standard InChI is InChI=1S/C13H14INO2/c1-8-6-12(16)9(2)5-11(8)15-7-10-3-4-13(14)17-10/h3-6,15-16H,7H2,1-2H3. The molecule has 1 aromatic carbocycles. The van der Waals surface area contributed by atoms with Crippen molar-refractivity contribution < 1.29 is 9.52 Å². The first-order valence-corrected chi connectivity index (χ1v) is 6.42. The average Bonchev–Trinajstić information content (AvgIpc) is 2.68. The molecule has 17 heavy (non-hydrogen) atoms. The van der Waals surface area contributed by atoms with Gasteiger partial charge >= 0.3 is 0 Å². The summed E-state index contributed by atoms with van der Waals surface area (Å²) < 4.78 is 6.36. The van der Waals surface area contributed by atoms with Crippen LogP contribution in [0.4, 0.5) is 5.69 Å². The number of phenols is 1. The van der Waals surface area contributed by atoms with Gasteiger partial charge < -0.3 is 14.8 Å². The van der Waals surface area contributed by atoms with E-state index in [9.17, 15) is 5.11 Å². The van der Waals surface area contributed by atoms with Crippen molar-refractivity contribution >= 4 is 28.3 Å². The summed E-state index contributed by atoms with van der Waals surface area (Å²) in [6.45, 7) is 4.50. The molecule has 0 aliphatic rings. The maximum Gasteiger partial charge on any atom is 0.164 e. The number of phenolic OH excluding ortho intramolecular Hbond substituents is 1. The van der Waals surface area contributed by atoms with Crippen LogP contribution in [0, 0.1) is 17.6 Å². The van der Waals surface area contributed by atoms with Crippen molar-refractivity contribution in [3.63, 3.8) is 0 Å². The van der Waals surface area contributed by atoms with E-state index in [-0.39, 0.29) is 0 Å². The number of aromatic hydroxyl groups is 1. The Morgan fingerprint density at radius 2 is 2.00 bits per heavy atom. The fourth-order valence-electron chi connectivity index (χ4n) is 1.62. The Hall–Kier alpha value is -1.17. The first kappa shape index (κ1) is 12.3. The molecule has 0 fully saturated rings. The van der Waals surface area contributed by atoms with Crippen LogP contribution in [-0.2, 0) is 6.54 Å². The highest BCUT2D eigenvalue weighted by atomic mass is 127. The van der Waals surface area contributed by atoms with E-state index in [0.717, 1.165) is 26.3 Å². The molecule has 2 rings (SSSR count). The number of halogens is 1. The molecule has 0 saturated carbocycles. The Morgan fingerprint density at radius 3 is 2.65 bits per heavy atom. The number of benzene rings is 1. The van der Waals surface area contributed by atoms with E-state index < -0.39 is 0 Å². The summed E-state index contributed by atoms with van der Waals surface area (Å²) in [5, 5.41) is 12.9. The van der Waals surface area contributed by atoms with E-state index in [0.29, 0.717) is 12.3 Å². The van der Waals surface area contributed by atoms with Gasteiger partial charge in [0.05, 0.1) is 6.54 Å². The van der Waals surface area contributed by atoms with Crippen molar-refractivity contribution in [2.24, 2.45) is 0 Å². The Morgan fingerprint density at radius 1 is 1.24 bits per heavy atom. The maximum atomic E-state index is 9.57. The fraction of sp³-hybridized carbons (Fsp3) is 0.231. The predicted octanol–water partition coefficient (Wildman–Crippen LogP) is 3.82. The summed E-state index contributed by atoms with van der Waals surface area (Å²) in [4.78, 5) is 0. The van der Waals surface area contributed by atoms with Crippen LogP contribution in [-0.4, -0.2) is 5.11 Å². The van der Waals surface area contributed by atoms with Crippen molar-refractivity contribution in [3.8, 4) is 5.75 Å². The van der Waals surface area contributed by atoms with Crippen molar-refractivity contribution in [2.75, 3.05) is 5.32 Å². The van der Waals surface area contributed by atoms with Gasteiger partial charge in [-0.25, -0.2) is 0 Å². The molecule has 0 spiro atoms. The number of anilines is 1. The maximum absolute atomic E-state index is 9.57. The number of rotatable bonds is 3. The zero-order valence-corrected chi connectivity index (χ0v) is 11.9. The molecule has 0 bridgehead atoms. The van der Waals surface area contributed by atoms with Gasteiger partial charge in [-0.1, -0.05) is 0 Å². The monoisotopic (exact) mass is 343 g/mol. The molecule has 0 aliphatic heterocycles. The van der Waals surface area contributed by atoms with Gasteiger partial charge in [-0.15, -0.1) is 0 Å². The predicted molar refractivity (Wildman–Crippen MR) is 76.3 cm³/mol. The minimum atomic E-state index is 0.334. The molecule has 0 aliphatic carbocycles. The highest BCUT2D eigenvalue weighted by Crippen LogP contribution is 2.25. The molecule has 90 valence electrons. The fourth-order valence-corrected chi connectivity index (χ4v) is 2.08. The van der Waals surface area contributed by atoms with E-state index >= 15 is 0 Å². The molecule has 2 aromatic rings. The van der Waals surface area contributed by atoms with Gasteiger partial charge in [-0.05, 0) is 71.8 Å². The van der Waals surface area contributed by atoms with E-state index in [1.54, 1.807) is 6.07 Å². The van der Waals surface area contributed by atoms with Gasteiger partial charge in [-0.3, -0.25) is 0 Å². The number of furan rings is 1. The zero-order valence-electron chi connectivity index (χ0n) is 9.75. The van der Waals surface area contributed by atoms with Crippen LogP contribution in [0.1, 0.15) is 16.9 Å². The van der Waals surface area contributed by atoms with Crippen LogP contribution in [0.3, 0.4) is 0 Å². The van der Waals surface area contributed by atoms with Gasteiger partial charge in [-0.2, -0.15) is 0 Å². The number of hydrogen-bond donors (Lipinski definition) is 2. The van der Waals surface area contributed by atoms with Crippen LogP contribution in [0.2, 0.25) is 0 Å². The summed E-state index contributed by atoms with van der Waals surface area (Å²) in [6.07, 6.45) is 0. The molecule has 0 atom stereocenters. The lowest BCUT2D eigenvalue weighted by atomic mass is 10.1. The van der Waals surface area contributed by atoms with Gasteiger partial charge in [0.15, 0.2) is 3.77 Å². The van der Waals surface area contributed by atoms with Crippen molar-refractivity contribution in [1.82, 2.24) is 0 Å². The highest BCUT2D eigenvalue weighted by Gasteiger charge is 2.04. The van der Waals surface area contributed by atoms with Crippen LogP contribution in [0.15, 0.2) is 28.7 Å². The second kappa shape index (κ2) is 5.00. The molecular weight excluding hydrogens is 329 g/mol. The molecule has 3 nitrogen and oxygen atoms in total. The molecule has 1 heterocycles. The minimum absolute atomic E-state index is 0.334. The van der Waals surface area contributed by atoms with Crippen LogP contribution in [0.25, 0.3) is 0 Å². The third-order valence-electron chi connectivity index (χ3n) is 2.62. The molecule has 1 aromatic heterocycles. The molecule has 0 saturated heterocycles. The lowest BCUT2D eigenvalue weighted by Gasteiger charge is -2.10. The normalized spacial score (nSPS) is 10.5. The van der Waals surface area contributed by atoms with Gasteiger partial charge in [0, 0.05) is 5.69 Å². The lowest BCUT2D eigenvalue weighted by Crippen LogP contribution is -2.00. The summed E-state index contributed by atoms with van der Waals surface area (Å²) >= 11 is 2.14. The quantitative estimate of drug-likeness (QED) is 0.658. The van der Waals surface area contributed by atoms with Gasteiger partial charge in [0.25, 0.3) is 0 Å². The lowest BCUT2D eigenvalue weighted by molar-refractivity contribution is 0.470.